The summed E-state index contributed by atoms with van der Waals surface area (Å²) in [6.45, 7) is 2.82. The molecule has 0 amide bonds. The van der Waals surface area contributed by atoms with Gasteiger partial charge in [0, 0.05) is 19.1 Å². The summed E-state index contributed by atoms with van der Waals surface area (Å²) in [5, 5.41) is 9.42. The number of aliphatic hydroxyl groups excluding tert-OH is 1. The van der Waals surface area contributed by atoms with Gasteiger partial charge in [-0.2, -0.15) is 0 Å². The molecule has 3 atom stereocenters. The van der Waals surface area contributed by atoms with Crippen LogP contribution in [0.25, 0.3) is 0 Å². The van der Waals surface area contributed by atoms with Crippen LogP contribution in [0.2, 0.25) is 0 Å². The molecule has 2 aliphatic rings. The van der Waals surface area contributed by atoms with E-state index in [1.807, 2.05) is 0 Å². The molecule has 1 saturated carbocycles. The van der Waals surface area contributed by atoms with Gasteiger partial charge in [-0.1, -0.05) is 0 Å². The molecule has 1 heterocycles. The second-order valence-electron chi connectivity index (χ2n) is 4.51. The van der Waals surface area contributed by atoms with Gasteiger partial charge < -0.3 is 10.8 Å². The van der Waals surface area contributed by atoms with Crippen molar-refractivity contribution in [2.45, 2.75) is 37.8 Å². The van der Waals surface area contributed by atoms with Crippen LogP contribution in [-0.4, -0.2) is 41.8 Å². The highest BCUT2D eigenvalue weighted by Gasteiger charge is 2.32. The molecule has 0 bridgehead atoms. The van der Waals surface area contributed by atoms with Crippen molar-refractivity contribution in [3.63, 3.8) is 0 Å². The predicted octanol–water partition coefficient (Wildman–Crippen LogP) is 0.180. The maximum absolute atomic E-state index is 9.42. The van der Waals surface area contributed by atoms with Crippen LogP contribution in [0.5, 0.6) is 0 Å². The first kappa shape index (κ1) is 9.44. The van der Waals surface area contributed by atoms with Crippen LogP contribution in [0.4, 0.5) is 0 Å². The average Bonchev–Trinajstić information content (AvgIpc) is 2.71. The van der Waals surface area contributed by atoms with Crippen LogP contribution in [-0.2, 0) is 0 Å². The lowest BCUT2D eigenvalue weighted by atomic mass is 10.1. The first-order chi connectivity index (χ1) is 6.29. The van der Waals surface area contributed by atoms with E-state index in [9.17, 15) is 5.11 Å². The molecule has 13 heavy (non-hydrogen) atoms. The van der Waals surface area contributed by atoms with Crippen molar-refractivity contribution in [2.24, 2.45) is 11.7 Å². The lowest BCUT2D eigenvalue weighted by Crippen LogP contribution is -2.32. The van der Waals surface area contributed by atoms with E-state index in [2.05, 4.69) is 4.90 Å². The van der Waals surface area contributed by atoms with E-state index in [0.717, 1.165) is 32.0 Å². The van der Waals surface area contributed by atoms with Crippen LogP contribution in [0.3, 0.4) is 0 Å². The van der Waals surface area contributed by atoms with Crippen molar-refractivity contribution in [1.29, 1.82) is 0 Å². The van der Waals surface area contributed by atoms with Crippen LogP contribution in [0, 0.1) is 5.92 Å². The maximum atomic E-state index is 9.42. The summed E-state index contributed by atoms with van der Waals surface area (Å²) in [6.07, 6.45) is 4.71. The lowest BCUT2D eigenvalue weighted by molar-refractivity contribution is 0.158. The Labute approximate surface area is 79.9 Å². The Balaban J connectivity index is 1.82. The largest absolute Gasteiger partial charge is 0.392 e. The molecule has 76 valence electrons. The lowest BCUT2D eigenvalue weighted by Gasteiger charge is -2.23. The summed E-state index contributed by atoms with van der Waals surface area (Å²) in [5.74, 6) is 0.739. The highest BCUT2D eigenvalue weighted by molar-refractivity contribution is 4.87. The van der Waals surface area contributed by atoms with Crippen LogP contribution < -0.4 is 5.73 Å². The van der Waals surface area contributed by atoms with Gasteiger partial charge in [-0.3, -0.25) is 4.90 Å². The van der Waals surface area contributed by atoms with Crippen LogP contribution in [0.15, 0.2) is 0 Å². The third-order valence-corrected chi connectivity index (χ3v) is 3.56. The molecule has 1 aliphatic carbocycles. The molecule has 0 radical (unpaired) electrons. The van der Waals surface area contributed by atoms with E-state index in [-0.39, 0.29) is 6.10 Å². The molecule has 3 heteroatoms. The third-order valence-electron chi connectivity index (χ3n) is 3.56. The second-order valence-corrected chi connectivity index (χ2v) is 4.51. The van der Waals surface area contributed by atoms with Gasteiger partial charge in [-0.05, 0) is 38.1 Å². The summed E-state index contributed by atoms with van der Waals surface area (Å²) < 4.78 is 0. The summed E-state index contributed by atoms with van der Waals surface area (Å²) in [4.78, 5) is 2.44. The number of likely N-dealkylation sites (tertiary alicyclic amines) is 1. The normalized spacial score (nSPS) is 41.5. The second kappa shape index (κ2) is 3.95. The third kappa shape index (κ3) is 2.03. The SMILES string of the molecule is NCC1CCC(N2CCC(O)C2)C1. The van der Waals surface area contributed by atoms with Gasteiger partial charge in [-0.25, -0.2) is 0 Å². The van der Waals surface area contributed by atoms with Crippen LogP contribution in [0.1, 0.15) is 25.7 Å². The fourth-order valence-corrected chi connectivity index (χ4v) is 2.69. The van der Waals surface area contributed by atoms with Gasteiger partial charge in [0.05, 0.1) is 6.10 Å². The van der Waals surface area contributed by atoms with E-state index in [4.69, 9.17) is 5.73 Å². The zero-order valence-corrected chi connectivity index (χ0v) is 8.15. The van der Waals surface area contributed by atoms with E-state index in [0.29, 0.717) is 6.04 Å². The van der Waals surface area contributed by atoms with Crippen molar-refractivity contribution in [1.82, 2.24) is 4.90 Å². The van der Waals surface area contributed by atoms with Crippen LogP contribution >= 0.6 is 0 Å². The van der Waals surface area contributed by atoms with Crippen molar-refractivity contribution in [3.05, 3.63) is 0 Å². The molecule has 1 aliphatic heterocycles. The number of hydrogen-bond acceptors (Lipinski definition) is 3. The maximum Gasteiger partial charge on any atom is 0.0679 e. The summed E-state index contributed by atoms with van der Waals surface area (Å²) in [7, 11) is 0. The zero-order valence-electron chi connectivity index (χ0n) is 8.15. The molecular formula is C10H20N2O. The number of aliphatic hydroxyl groups is 1. The first-order valence-corrected chi connectivity index (χ1v) is 5.41. The van der Waals surface area contributed by atoms with Gasteiger partial charge in [0.2, 0.25) is 0 Å². The fourth-order valence-electron chi connectivity index (χ4n) is 2.69. The Hall–Kier alpha value is -0.120. The summed E-state index contributed by atoms with van der Waals surface area (Å²) >= 11 is 0. The standard InChI is InChI=1S/C10H20N2O/c11-6-8-1-2-9(5-8)12-4-3-10(13)7-12/h8-10,13H,1-7,11H2. The average molecular weight is 184 g/mol. The van der Waals surface area contributed by atoms with Crippen molar-refractivity contribution < 1.29 is 5.11 Å². The minimum absolute atomic E-state index is 0.0723. The molecule has 0 aromatic rings. The Morgan fingerprint density at radius 1 is 1.31 bits per heavy atom. The number of β-amino-alcohol motifs (C(OH)–C–C–N with tert-alkyl or cyclic N) is 1. The molecule has 3 unspecified atom stereocenters. The number of hydrogen-bond donors (Lipinski definition) is 2. The van der Waals surface area contributed by atoms with Crippen molar-refractivity contribution >= 4 is 0 Å². The molecule has 2 rings (SSSR count). The van der Waals surface area contributed by atoms with Crippen molar-refractivity contribution in [2.75, 3.05) is 19.6 Å². The fraction of sp³-hybridized carbons (Fsp3) is 1.00. The van der Waals surface area contributed by atoms with E-state index in [1.54, 1.807) is 0 Å². The van der Waals surface area contributed by atoms with E-state index in [1.165, 1.54) is 19.3 Å². The van der Waals surface area contributed by atoms with E-state index < -0.39 is 0 Å². The van der Waals surface area contributed by atoms with Crippen molar-refractivity contribution in [3.8, 4) is 0 Å². The molecule has 0 aromatic carbocycles. The Bertz CT molecular complexity index is 174. The van der Waals surface area contributed by atoms with Gasteiger partial charge in [-0.15, -0.1) is 0 Å². The number of nitrogens with two attached hydrogens (primary N) is 1. The predicted molar refractivity (Wildman–Crippen MR) is 52.4 cm³/mol. The monoisotopic (exact) mass is 184 g/mol. The molecule has 1 saturated heterocycles. The quantitative estimate of drug-likeness (QED) is 0.643. The Kier molecular flexibility index (Phi) is 2.86. The summed E-state index contributed by atoms with van der Waals surface area (Å²) in [6, 6.07) is 0.714. The number of rotatable bonds is 2. The van der Waals surface area contributed by atoms with Gasteiger partial charge in [0.25, 0.3) is 0 Å². The van der Waals surface area contributed by atoms with Gasteiger partial charge in [0.1, 0.15) is 0 Å². The Morgan fingerprint density at radius 3 is 2.69 bits per heavy atom. The number of nitrogens with zero attached hydrogens (tertiary/aromatic N) is 1. The minimum atomic E-state index is -0.0723. The highest BCUT2D eigenvalue weighted by Crippen LogP contribution is 2.30. The molecule has 0 spiro atoms. The molecule has 3 N–H and O–H groups in total. The minimum Gasteiger partial charge on any atom is -0.392 e. The highest BCUT2D eigenvalue weighted by atomic mass is 16.3. The van der Waals surface area contributed by atoms with E-state index >= 15 is 0 Å². The molecule has 2 fully saturated rings. The first-order valence-electron chi connectivity index (χ1n) is 5.41. The zero-order chi connectivity index (χ0) is 9.26. The molecule has 3 nitrogen and oxygen atoms in total. The Morgan fingerprint density at radius 2 is 2.15 bits per heavy atom. The summed E-state index contributed by atoms with van der Waals surface area (Å²) in [5.41, 5.74) is 5.65. The van der Waals surface area contributed by atoms with Gasteiger partial charge in [0.15, 0.2) is 0 Å². The topological polar surface area (TPSA) is 49.5 Å². The smallest absolute Gasteiger partial charge is 0.0679 e. The van der Waals surface area contributed by atoms with Gasteiger partial charge >= 0.3 is 0 Å². The molecular weight excluding hydrogens is 164 g/mol. The molecule has 0 aromatic heterocycles.